The molecular formula is C22H25N3O3. The summed E-state index contributed by atoms with van der Waals surface area (Å²) in [5.41, 5.74) is 2.52. The van der Waals surface area contributed by atoms with Crippen LogP contribution < -0.4 is 5.32 Å². The van der Waals surface area contributed by atoms with Crippen molar-refractivity contribution in [1.82, 2.24) is 15.1 Å². The first-order valence-corrected chi connectivity index (χ1v) is 9.37. The van der Waals surface area contributed by atoms with Gasteiger partial charge in [-0.3, -0.25) is 19.3 Å². The highest BCUT2D eigenvalue weighted by molar-refractivity contribution is 6.01. The first-order valence-electron chi connectivity index (χ1n) is 9.37. The number of nitrogens with one attached hydrogen (secondary N) is 1. The molecule has 6 heteroatoms. The van der Waals surface area contributed by atoms with E-state index in [4.69, 9.17) is 0 Å². The van der Waals surface area contributed by atoms with Gasteiger partial charge in [0.1, 0.15) is 0 Å². The van der Waals surface area contributed by atoms with E-state index in [0.29, 0.717) is 12.1 Å². The molecular weight excluding hydrogens is 354 g/mol. The molecule has 28 heavy (non-hydrogen) atoms. The highest BCUT2D eigenvalue weighted by Crippen LogP contribution is 2.18. The molecule has 0 aliphatic carbocycles. The van der Waals surface area contributed by atoms with Crippen molar-refractivity contribution in [2.45, 2.75) is 25.4 Å². The van der Waals surface area contributed by atoms with Crippen LogP contribution in [0.4, 0.5) is 0 Å². The standard InChI is InChI=1S/C22H25N3O3/c1-24(2)19(17-6-4-3-5-7-17)14-23-22(28)18-10-8-16(9-11-18)15-25-20(26)12-13-21(25)27/h3-11,19H,12-15H2,1-2H3,(H,23,28). The molecule has 1 aliphatic heterocycles. The predicted octanol–water partition coefficient (Wildman–Crippen LogP) is 2.37. The molecule has 146 valence electrons. The minimum atomic E-state index is -0.150. The fourth-order valence-corrected chi connectivity index (χ4v) is 3.31. The van der Waals surface area contributed by atoms with Gasteiger partial charge in [0.05, 0.1) is 12.6 Å². The maximum atomic E-state index is 12.5. The third kappa shape index (κ3) is 4.64. The quantitative estimate of drug-likeness (QED) is 0.750. The van der Waals surface area contributed by atoms with Crippen LogP contribution in [-0.4, -0.2) is 48.2 Å². The molecule has 0 aromatic heterocycles. The smallest absolute Gasteiger partial charge is 0.251 e. The first-order chi connectivity index (χ1) is 13.5. The van der Waals surface area contributed by atoms with Gasteiger partial charge in [-0.05, 0) is 37.4 Å². The van der Waals surface area contributed by atoms with Gasteiger partial charge in [-0.15, -0.1) is 0 Å². The molecule has 1 fully saturated rings. The molecule has 0 saturated carbocycles. The second-order valence-electron chi connectivity index (χ2n) is 7.17. The van der Waals surface area contributed by atoms with Crippen LogP contribution in [0.5, 0.6) is 0 Å². The summed E-state index contributed by atoms with van der Waals surface area (Å²) in [5, 5.41) is 2.99. The van der Waals surface area contributed by atoms with Crippen LogP contribution in [-0.2, 0) is 16.1 Å². The minimum Gasteiger partial charge on any atom is -0.350 e. The Morgan fingerprint density at radius 3 is 2.18 bits per heavy atom. The number of hydrogen-bond acceptors (Lipinski definition) is 4. The van der Waals surface area contributed by atoms with E-state index in [1.165, 1.54) is 4.90 Å². The van der Waals surface area contributed by atoms with E-state index in [9.17, 15) is 14.4 Å². The number of rotatable bonds is 7. The third-order valence-electron chi connectivity index (χ3n) is 4.98. The Balaban J connectivity index is 1.60. The summed E-state index contributed by atoms with van der Waals surface area (Å²) >= 11 is 0. The average molecular weight is 379 g/mol. The Bertz CT molecular complexity index is 831. The number of carbonyl (C=O) groups is 3. The molecule has 0 radical (unpaired) electrons. The van der Waals surface area contributed by atoms with Gasteiger partial charge in [0.15, 0.2) is 0 Å². The number of carbonyl (C=O) groups excluding carboxylic acids is 3. The number of benzene rings is 2. The molecule has 2 aromatic carbocycles. The van der Waals surface area contributed by atoms with Gasteiger partial charge < -0.3 is 10.2 Å². The van der Waals surface area contributed by atoms with E-state index in [1.54, 1.807) is 24.3 Å². The van der Waals surface area contributed by atoms with E-state index in [0.717, 1.165) is 11.1 Å². The summed E-state index contributed by atoms with van der Waals surface area (Å²) in [6, 6.07) is 17.1. The van der Waals surface area contributed by atoms with E-state index in [-0.39, 0.29) is 43.1 Å². The summed E-state index contributed by atoms with van der Waals surface area (Å²) in [5.74, 6) is -0.424. The Kier molecular flexibility index (Phi) is 6.21. The predicted molar refractivity (Wildman–Crippen MR) is 106 cm³/mol. The highest BCUT2D eigenvalue weighted by Gasteiger charge is 2.28. The van der Waals surface area contributed by atoms with E-state index >= 15 is 0 Å². The van der Waals surface area contributed by atoms with Crippen molar-refractivity contribution in [3.05, 3.63) is 71.3 Å². The summed E-state index contributed by atoms with van der Waals surface area (Å²) < 4.78 is 0. The number of amides is 3. The van der Waals surface area contributed by atoms with E-state index < -0.39 is 0 Å². The van der Waals surface area contributed by atoms with Gasteiger partial charge in [0.2, 0.25) is 11.8 Å². The molecule has 3 amide bonds. The van der Waals surface area contributed by atoms with Gasteiger partial charge in [0.25, 0.3) is 5.91 Å². The van der Waals surface area contributed by atoms with Crippen LogP contribution in [0.25, 0.3) is 0 Å². The number of nitrogens with zero attached hydrogens (tertiary/aromatic N) is 2. The van der Waals surface area contributed by atoms with Crippen molar-refractivity contribution in [2.75, 3.05) is 20.6 Å². The fourth-order valence-electron chi connectivity index (χ4n) is 3.31. The molecule has 1 saturated heterocycles. The summed E-state index contributed by atoms with van der Waals surface area (Å²) in [7, 11) is 3.97. The lowest BCUT2D eigenvalue weighted by Crippen LogP contribution is -2.34. The second-order valence-corrected chi connectivity index (χ2v) is 7.17. The van der Waals surface area contributed by atoms with Crippen molar-refractivity contribution in [2.24, 2.45) is 0 Å². The molecule has 1 aliphatic rings. The molecule has 1 unspecified atom stereocenters. The largest absolute Gasteiger partial charge is 0.350 e. The fraction of sp³-hybridized carbons (Fsp3) is 0.318. The number of likely N-dealkylation sites (N-methyl/N-ethyl adjacent to an activating group) is 1. The van der Waals surface area contributed by atoms with Crippen LogP contribution in [0.15, 0.2) is 54.6 Å². The summed E-state index contributed by atoms with van der Waals surface area (Å²) in [4.78, 5) is 39.3. The van der Waals surface area contributed by atoms with Crippen LogP contribution >= 0.6 is 0 Å². The lowest BCUT2D eigenvalue weighted by atomic mass is 10.1. The monoisotopic (exact) mass is 379 g/mol. The first kappa shape index (κ1) is 19.8. The second kappa shape index (κ2) is 8.80. The lowest BCUT2D eigenvalue weighted by molar-refractivity contribution is -0.139. The minimum absolute atomic E-state index is 0.0802. The van der Waals surface area contributed by atoms with Crippen LogP contribution in [0, 0.1) is 0 Å². The van der Waals surface area contributed by atoms with Crippen molar-refractivity contribution < 1.29 is 14.4 Å². The molecule has 1 atom stereocenters. The Morgan fingerprint density at radius 1 is 1.00 bits per heavy atom. The van der Waals surface area contributed by atoms with Gasteiger partial charge in [-0.2, -0.15) is 0 Å². The maximum absolute atomic E-state index is 12.5. The number of likely N-dealkylation sites (tertiary alicyclic amines) is 1. The summed E-state index contributed by atoms with van der Waals surface area (Å²) in [6.07, 6.45) is 0.571. The summed E-state index contributed by atoms with van der Waals surface area (Å²) in [6.45, 7) is 0.755. The Labute approximate surface area is 165 Å². The van der Waals surface area contributed by atoms with Gasteiger partial charge in [-0.25, -0.2) is 0 Å². The van der Waals surface area contributed by atoms with Crippen LogP contribution in [0.1, 0.15) is 40.4 Å². The normalized spacial score (nSPS) is 15.2. The van der Waals surface area contributed by atoms with E-state index in [1.807, 2.05) is 44.4 Å². The molecule has 0 bridgehead atoms. The van der Waals surface area contributed by atoms with Gasteiger partial charge in [0, 0.05) is 24.9 Å². The zero-order valence-corrected chi connectivity index (χ0v) is 16.2. The maximum Gasteiger partial charge on any atom is 0.251 e. The molecule has 6 nitrogen and oxygen atoms in total. The lowest BCUT2D eigenvalue weighted by Gasteiger charge is -2.25. The van der Waals surface area contributed by atoms with Crippen molar-refractivity contribution >= 4 is 17.7 Å². The van der Waals surface area contributed by atoms with Crippen LogP contribution in [0.3, 0.4) is 0 Å². The van der Waals surface area contributed by atoms with Gasteiger partial charge in [-0.1, -0.05) is 42.5 Å². The topological polar surface area (TPSA) is 69.7 Å². The third-order valence-corrected chi connectivity index (χ3v) is 4.98. The van der Waals surface area contributed by atoms with Crippen molar-refractivity contribution in [3.63, 3.8) is 0 Å². The zero-order chi connectivity index (χ0) is 20.1. The SMILES string of the molecule is CN(C)C(CNC(=O)c1ccc(CN2C(=O)CCC2=O)cc1)c1ccccc1. The van der Waals surface area contributed by atoms with Crippen molar-refractivity contribution in [1.29, 1.82) is 0 Å². The number of hydrogen-bond donors (Lipinski definition) is 1. The average Bonchev–Trinajstić information content (AvgIpc) is 3.01. The molecule has 1 N–H and O–H groups in total. The number of imide groups is 1. The molecule has 1 heterocycles. The van der Waals surface area contributed by atoms with Crippen molar-refractivity contribution in [3.8, 4) is 0 Å². The van der Waals surface area contributed by atoms with Crippen LogP contribution in [0.2, 0.25) is 0 Å². The molecule has 2 aromatic rings. The Hall–Kier alpha value is -2.99. The molecule has 0 spiro atoms. The zero-order valence-electron chi connectivity index (χ0n) is 16.2. The molecule has 3 rings (SSSR count). The van der Waals surface area contributed by atoms with Gasteiger partial charge >= 0.3 is 0 Å². The highest BCUT2D eigenvalue weighted by atomic mass is 16.2. The van der Waals surface area contributed by atoms with E-state index in [2.05, 4.69) is 10.2 Å². The Morgan fingerprint density at radius 2 is 1.61 bits per heavy atom.